The number of hydrogen-bond donors (Lipinski definition) is 1. The summed E-state index contributed by atoms with van der Waals surface area (Å²) in [6, 6.07) is 16.1. The van der Waals surface area contributed by atoms with Gasteiger partial charge < -0.3 is 10.1 Å². The van der Waals surface area contributed by atoms with Crippen LogP contribution in [0.25, 0.3) is 0 Å². The van der Waals surface area contributed by atoms with Gasteiger partial charge in [0.15, 0.2) is 0 Å². The fourth-order valence-corrected chi connectivity index (χ4v) is 3.97. The largest absolute Gasteiger partial charge is 0.491 e. The zero-order valence-corrected chi connectivity index (χ0v) is 18.0. The van der Waals surface area contributed by atoms with Gasteiger partial charge in [-0.25, -0.2) is 0 Å². The Morgan fingerprint density at radius 2 is 1.93 bits per heavy atom. The second kappa shape index (κ2) is 10.4. The highest BCUT2D eigenvalue weighted by Crippen LogP contribution is 2.25. The number of amides is 1. The smallest absolute Gasteiger partial charge is 0.251 e. The first-order valence-electron chi connectivity index (χ1n) is 10.8. The van der Waals surface area contributed by atoms with E-state index < -0.39 is 0 Å². The average molecular weight is 395 g/mol. The van der Waals surface area contributed by atoms with Gasteiger partial charge in [0.25, 0.3) is 5.91 Å². The number of piperidine rings is 1. The number of rotatable bonds is 8. The van der Waals surface area contributed by atoms with E-state index in [2.05, 4.69) is 49.2 Å². The Morgan fingerprint density at radius 1 is 1.17 bits per heavy atom. The molecule has 1 fully saturated rings. The van der Waals surface area contributed by atoms with E-state index in [4.69, 9.17) is 4.74 Å². The molecule has 29 heavy (non-hydrogen) atoms. The Bertz CT molecular complexity index is 786. The van der Waals surface area contributed by atoms with Crippen molar-refractivity contribution in [1.82, 2.24) is 10.2 Å². The van der Waals surface area contributed by atoms with Crippen LogP contribution in [0.3, 0.4) is 0 Å². The fourth-order valence-electron chi connectivity index (χ4n) is 3.97. The number of hydrogen-bond acceptors (Lipinski definition) is 3. The molecule has 3 rings (SSSR count). The van der Waals surface area contributed by atoms with Crippen LogP contribution in [0.5, 0.6) is 5.75 Å². The van der Waals surface area contributed by atoms with Crippen molar-refractivity contribution in [3.8, 4) is 5.75 Å². The molecular formula is C25H34N2O2. The predicted octanol–water partition coefficient (Wildman–Crippen LogP) is 4.85. The Labute approximate surface area is 175 Å². The van der Waals surface area contributed by atoms with Gasteiger partial charge in [0, 0.05) is 18.7 Å². The highest BCUT2D eigenvalue weighted by Gasteiger charge is 2.16. The number of ether oxygens (including phenoxy) is 1. The van der Waals surface area contributed by atoms with Crippen LogP contribution in [0.2, 0.25) is 0 Å². The first-order valence-corrected chi connectivity index (χ1v) is 10.8. The van der Waals surface area contributed by atoms with Crippen LogP contribution in [0, 0.1) is 5.92 Å². The van der Waals surface area contributed by atoms with E-state index in [0.717, 1.165) is 18.2 Å². The molecule has 1 N–H and O–H groups in total. The normalized spacial score (nSPS) is 17.3. The summed E-state index contributed by atoms with van der Waals surface area (Å²) in [6.07, 6.45) is 2.62. The van der Waals surface area contributed by atoms with Gasteiger partial charge in [0.05, 0.1) is 6.54 Å². The molecule has 156 valence electrons. The molecule has 0 unspecified atom stereocenters. The van der Waals surface area contributed by atoms with E-state index in [-0.39, 0.29) is 5.91 Å². The molecule has 4 nitrogen and oxygen atoms in total. The lowest BCUT2D eigenvalue weighted by atomic mass is 9.99. The maximum Gasteiger partial charge on any atom is 0.251 e. The summed E-state index contributed by atoms with van der Waals surface area (Å²) in [4.78, 5) is 14.9. The first-order chi connectivity index (χ1) is 14.0. The lowest BCUT2D eigenvalue weighted by molar-refractivity contribution is 0.0947. The number of benzene rings is 2. The van der Waals surface area contributed by atoms with Gasteiger partial charge in [-0.2, -0.15) is 0 Å². The monoisotopic (exact) mass is 394 g/mol. The molecule has 1 aliphatic heterocycles. The van der Waals surface area contributed by atoms with Crippen LogP contribution in [0.1, 0.15) is 61.0 Å². The predicted molar refractivity (Wildman–Crippen MR) is 118 cm³/mol. The molecular weight excluding hydrogens is 360 g/mol. The number of para-hydroxylation sites is 1. The summed E-state index contributed by atoms with van der Waals surface area (Å²) < 4.78 is 5.88. The number of nitrogens with one attached hydrogen (secondary N) is 1. The molecule has 0 radical (unpaired) electrons. The molecule has 0 saturated carbocycles. The molecule has 0 spiro atoms. The average Bonchev–Trinajstić information content (AvgIpc) is 2.72. The summed E-state index contributed by atoms with van der Waals surface area (Å²) in [5, 5.41) is 2.95. The van der Waals surface area contributed by atoms with E-state index >= 15 is 0 Å². The second-order valence-electron chi connectivity index (χ2n) is 8.48. The van der Waals surface area contributed by atoms with E-state index in [1.54, 1.807) is 0 Å². The van der Waals surface area contributed by atoms with Crippen molar-refractivity contribution in [3.05, 3.63) is 65.2 Å². The highest BCUT2D eigenvalue weighted by atomic mass is 16.5. The molecule has 1 heterocycles. The van der Waals surface area contributed by atoms with Crippen LogP contribution in [0.15, 0.2) is 48.5 Å². The maximum absolute atomic E-state index is 12.4. The molecule has 0 aliphatic carbocycles. The lowest BCUT2D eigenvalue weighted by Crippen LogP contribution is -2.33. The SMILES string of the molecule is CC(C)c1ccccc1OCCNC(=O)c1ccc(CN2CCC[C@H](C)C2)cc1. The number of likely N-dealkylation sites (tertiary alicyclic amines) is 1. The molecule has 1 atom stereocenters. The molecule has 1 aliphatic rings. The van der Waals surface area contributed by atoms with Crippen molar-refractivity contribution in [2.75, 3.05) is 26.2 Å². The van der Waals surface area contributed by atoms with Gasteiger partial charge in [0.2, 0.25) is 0 Å². The van der Waals surface area contributed by atoms with Gasteiger partial charge in [-0.15, -0.1) is 0 Å². The van der Waals surface area contributed by atoms with Crippen LogP contribution >= 0.6 is 0 Å². The van der Waals surface area contributed by atoms with Gasteiger partial charge in [-0.05, 0) is 60.5 Å². The van der Waals surface area contributed by atoms with Gasteiger partial charge in [-0.1, -0.05) is 51.1 Å². The Balaban J connectivity index is 1.44. The minimum absolute atomic E-state index is 0.0520. The topological polar surface area (TPSA) is 41.6 Å². The molecule has 1 saturated heterocycles. The fraction of sp³-hybridized carbons (Fsp3) is 0.480. The summed E-state index contributed by atoms with van der Waals surface area (Å²) in [7, 11) is 0. The summed E-state index contributed by atoms with van der Waals surface area (Å²) in [5.41, 5.74) is 3.16. The van der Waals surface area contributed by atoms with Crippen LogP contribution < -0.4 is 10.1 Å². The Morgan fingerprint density at radius 3 is 2.66 bits per heavy atom. The van der Waals surface area contributed by atoms with Crippen LogP contribution in [-0.2, 0) is 6.54 Å². The Hall–Kier alpha value is -2.33. The van der Waals surface area contributed by atoms with Crippen molar-refractivity contribution in [1.29, 1.82) is 0 Å². The third kappa shape index (κ3) is 6.33. The van der Waals surface area contributed by atoms with E-state index in [0.29, 0.717) is 24.6 Å². The minimum atomic E-state index is -0.0520. The third-order valence-electron chi connectivity index (χ3n) is 5.55. The standard InChI is InChI=1S/C25H34N2O2/c1-19(2)23-8-4-5-9-24(23)29-16-14-26-25(28)22-12-10-21(11-13-22)18-27-15-6-7-20(3)17-27/h4-5,8-13,19-20H,6-7,14-18H2,1-3H3,(H,26,28)/t20-/m0/s1. The molecule has 2 aromatic rings. The molecule has 2 aromatic carbocycles. The third-order valence-corrected chi connectivity index (χ3v) is 5.55. The van der Waals surface area contributed by atoms with E-state index in [1.807, 2.05) is 30.3 Å². The van der Waals surface area contributed by atoms with Gasteiger partial charge in [-0.3, -0.25) is 9.69 Å². The van der Waals surface area contributed by atoms with Gasteiger partial charge in [0.1, 0.15) is 12.4 Å². The minimum Gasteiger partial charge on any atom is -0.491 e. The number of carbonyl (C=O) groups excluding carboxylic acids is 1. The van der Waals surface area contributed by atoms with Crippen LogP contribution in [0.4, 0.5) is 0 Å². The van der Waals surface area contributed by atoms with E-state index in [1.165, 1.54) is 37.1 Å². The molecule has 1 amide bonds. The molecule has 0 aromatic heterocycles. The molecule has 0 bridgehead atoms. The zero-order valence-electron chi connectivity index (χ0n) is 18.0. The molecule has 4 heteroatoms. The second-order valence-corrected chi connectivity index (χ2v) is 8.48. The summed E-state index contributed by atoms with van der Waals surface area (Å²) >= 11 is 0. The first kappa shape index (κ1) is 21.4. The van der Waals surface area contributed by atoms with E-state index in [9.17, 15) is 4.79 Å². The highest BCUT2D eigenvalue weighted by molar-refractivity contribution is 5.94. The van der Waals surface area contributed by atoms with Crippen LogP contribution in [-0.4, -0.2) is 37.0 Å². The quantitative estimate of drug-likeness (QED) is 0.651. The van der Waals surface area contributed by atoms with Crippen molar-refractivity contribution < 1.29 is 9.53 Å². The summed E-state index contributed by atoms with van der Waals surface area (Å²) in [6.45, 7) is 10.9. The van der Waals surface area contributed by atoms with Crippen molar-refractivity contribution in [2.24, 2.45) is 5.92 Å². The van der Waals surface area contributed by atoms with Crippen molar-refractivity contribution in [2.45, 2.75) is 46.1 Å². The maximum atomic E-state index is 12.4. The number of carbonyl (C=O) groups is 1. The number of nitrogens with zero attached hydrogens (tertiary/aromatic N) is 1. The summed E-state index contributed by atoms with van der Waals surface area (Å²) in [5.74, 6) is 2.04. The Kier molecular flexibility index (Phi) is 7.70. The zero-order chi connectivity index (χ0) is 20.6. The van der Waals surface area contributed by atoms with Crippen molar-refractivity contribution >= 4 is 5.91 Å². The van der Waals surface area contributed by atoms with Crippen molar-refractivity contribution in [3.63, 3.8) is 0 Å². The lowest BCUT2D eigenvalue weighted by Gasteiger charge is -2.30. The van der Waals surface area contributed by atoms with Gasteiger partial charge >= 0.3 is 0 Å².